The van der Waals surface area contributed by atoms with Gasteiger partial charge in [0.15, 0.2) is 0 Å². The van der Waals surface area contributed by atoms with Gasteiger partial charge in [0.25, 0.3) is 0 Å². The van der Waals surface area contributed by atoms with E-state index < -0.39 is 0 Å². The molecule has 4 aliphatic heterocycles. The van der Waals surface area contributed by atoms with Gasteiger partial charge in [-0.1, -0.05) is 346 Å². The van der Waals surface area contributed by atoms with Crippen molar-refractivity contribution in [3.63, 3.8) is 0 Å². The molecule has 8 heteroatoms. The highest BCUT2D eigenvalue weighted by Gasteiger charge is 2.41. The van der Waals surface area contributed by atoms with E-state index in [9.17, 15) is 0 Å². The van der Waals surface area contributed by atoms with Crippen molar-refractivity contribution >= 4 is 156 Å². The molecule has 0 bridgehead atoms. The van der Waals surface area contributed by atoms with E-state index in [-0.39, 0.29) is 0 Å². The summed E-state index contributed by atoms with van der Waals surface area (Å²) in [5.74, 6) is 0. The first-order valence-electron chi connectivity index (χ1n) is 43.3. The second kappa shape index (κ2) is 32.9. The summed E-state index contributed by atoms with van der Waals surface area (Å²) in [4.78, 5) is 16.4. The first-order chi connectivity index (χ1) is 57.1. The zero-order valence-corrected chi connectivity index (χ0v) is 71.9. The summed E-state index contributed by atoms with van der Waals surface area (Å²) in [7, 11) is 0. The molecular formula is C108H104N4S4. The fraction of sp³-hybridized carbons (Fsp3) is 0.259. The van der Waals surface area contributed by atoms with Gasteiger partial charge in [0, 0.05) is 65.2 Å². The number of fused-ring (bicyclic) bond motifs is 18. The topological polar surface area (TPSA) is 13.0 Å². The van der Waals surface area contributed by atoms with Gasteiger partial charge < -0.3 is 19.6 Å². The smallest absolute Gasteiger partial charge is 0.116 e. The zero-order chi connectivity index (χ0) is 78.7. The average molecular weight is 1590 g/mol. The van der Waals surface area contributed by atoms with Crippen LogP contribution in [0.2, 0.25) is 0 Å². The van der Waals surface area contributed by atoms with E-state index in [1.165, 1.54) is 297 Å². The molecule has 580 valence electrons. The highest BCUT2D eigenvalue weighted by molar-refractivity contribution is 8.11. The van der Waals surface area contributed by atoms with Crippen molar-refractivity contribution in [3.8, 4) is 44.5 Å². The summed E-state index contributed by atoms with van der Waals surface area (Å²) in [6, 6.07) is 92.0. The Labute approximate surface area is 703 Å². The molecule has 14 aromatic rings. The van der Waals surface area contributed by atoms with Crippen molar-refractivity contribution in [2.45, 2.75) is 184 Å². The lowest BCUT2D eigenvalue weighted by Crippen LogP contribution is -2.24. The van der Waals surface area contributed by atoms with Crippen LogP contribution >= 0.6 is 47.0 Å². The van der Waals surface area contributed by atoms with E-state index in [1.807, 2.05) is 23.5 Å². The minimum absolute atomic E-state index is 1.12. The van der Waals surface area contributed by atoms with E-state index in [0.717, 1.165) is 25.7 Å². The molecule has 20 rings (SSSR count). The Kier molecular flexibility index (Phi) is 21.6. The second-order valence-corrected chi connectivity index (χ2v) is 37.3. The minimum Gasteiger partial charge on any atom is -0.306 e. The van der Waals surface area contributed by atoms with Crippen LogP contribution in [0, 0.1) is 0 Å². The average Bonchev–Trinajstić information content (AvgIpc) is 1.68. The summed E-state index contributed by atoms with van der Waals surface area (Å²) >= 11 is 8.04. The van der Waals surface area contributed by atoms with Crippen molar-refractivity contribution < 1.29 is 0 Å². The number of unbranched alkanes of at least 4 members (excludes halogenated alkanes) is 12. The lowest BCUT2D eigenvalue weighted by Gasteiger charge is -2.30. The number of hydrogen-bond donors (Lipinski definition) is 0. The molecule has 4 nitrogen and oxygen atoms in total. The van der Waals surface area contributed by atoms with Crippen LogP contribution in [-0.4, -0.2) is 0 Å². The molecule has 0 atom stereocenters. The number of allylic oxidation sites excluding steroid dienone is 8. The zero-order valence-electron chi connectivity index (χ0n) is 68.7. The SMILES string of the molecule is CC1=C(C)N(c2ccc3c4ccccc4c4ccccc4c3c2)/C(=C2\SC(C)=C(C)N2c2ccc3c4ccccc4c4ccccc4c3c2)S1.CCCCCCC1=C(CCCCCC)N(c2ccc3c(c2)-c2cccc4cccc-3c24)/C(=C2\SC(CCCCCC)=C(CCCCCC)N2c2ccc3c(c2)-c2cccc4cccc-3c24)S1. The number of nitrogens with zero attached hydrogens (tertiary/aromatic N) is 4. The van der Waals surface area contributed by atoms with Gasteiger partial charge in [-0.25, -0.2) is 0 Å². The molecule has 4 heterocycles. The summed E-state index contributed by atoms with van der Waals surface area (Å²) in [5, 5.41) is 26.4. The van der Waals surface area contributed by atoms with Crippen LogP contribution in [0.15, 0.2) is 305 Å². The molecule has 0 amide bonds. The van der Waals surface area contributed by atoms with Gasteiger partial charge in [0.05, 0.1) is 0 Å². The van der Waals surface area contributed by atoms with E-state index >= 15 is 0 Å². The Bertz CT molecular complexity index is 6030. The van der Waals surface area contributed by atoms with Crippen LogP contribution in [-0.2, 0) is 0 Å². The first-order valence-corrected chi connectivity index (χ1v) is 46.6. The molecule has 0 aromatic heterocycles. The minimum atomic E-state index is 1.12. The summed E-state index contributed by atoms with van der Waals surface area (Å²) < 4.78 is 0. The highest BCUT2D eigenvalue weighted by atomic mass is 32.2. The van der Waals surface area contributed by atoms with Crippen molar-refractivity contribution in [2.75, 3.05) is 19.6 Å². The third-order valence-electron chi connectivity index (χ3n) is 25.5. The molecule has 6 aliphatic rings. The lowest BCUT2D eigenvalue weighted by molar-refractivity contribution is 0.649. The number of thioether (sulfide) groups is 4. The van der Waals surface area contributed by atoms with Gasteiger partial charge in [0.1, 0.15) is 20.1 Å². The Balaban J connectivity index is 0.000000160. The Morgan fingerprint density at radius 3 is 0.845 bits per heavy atom. The van der Waals surface area contributed by atoms with Gasteiger partial charge >= 0.3 is 0 Å². The van der Waals surface area contributed by atoms with E-state index in [4.69, 9.17) is 0 Å². The molecule has 0 spiro atoms. The number of rotatable bonds is 24. The lowest BCUT2D eigenvalue weighted by atomic mass is 9.94. The standard InChI is InChI=1S/C62H70N2S2.C46H34N2S2/c1-5-9-13-17-33-55-57(35-19-15-11-7-3)65-61(63(55)45-37-39-47-49-29-21-25-43-27-23-31-51(59(43)49)53(47)41-45)62-64(56(34-18-14-10-6-2)58(66-62)36-20-16-12-8-4)46-38-40-48-50-30-22-26-44-28-24-32-52(60(44)50)54(48)42-46;1-27-29(3)49-45(47(27)31-21-23-41-37-17-7-5-13-33(37)35-15-9-11-19-39(35)43(41)25-31)46-48(28(2)30(4)50-46)32-22-24-42-38-18-8-6-14-34(38)36-16-10-12-20-40(36)44(42)26-32/h21-32,37-42H,5-20,33-36H2,1-4H3;5-26H,1-4H3/b62-61+;46-45+. The van der Waals surface area contributed by atoms with Gasteiger partial charge in [-0.05, 0) is 258 Å². The van der Waals surface area contributed by atoms with Gasteiger partial charge in [-0.2, -0.15) is 0 Å². The van der Waals surface area contributed by atoms with Crippen LogP contribution in [0.25, 0.3) is 131 Å². The molecule has 0 unspecified atom stereocenters. The summed E-state index contributed by atoms with van der Waals surface area (Å²) in [5.41, 5.74) is 21.7. The van der Waals surface area contributed by atoms with Crippen LogP contribution in [0.1, 0.15) is 184 Å². The highest BCUT2D eigenvalue weighted by Crippen LogP contribution is 2.61. The van der Waals surface area contributed by atoms with Gasteiger partial charge in [-0.15, -0.1) is 0 Å². The van der Waals surface area contributed by atoms with Crippen molar-refractivity contribution in [1.29, 1.82) is 0 Å². The largest absolute Gasteiger partial charge is 0.306 e. The molecule has 2 aliphatic carbocycles. The molecule has 0 saturated heterocycles. The number of benzene rings is 14. The maximum Gasteiger partial charge on any atom is 0.116 e. The predicted octanol–water partition coefficient (Wildman–Crippen LogP) is 34.6. The first kappa shape index (κ1) is 76.2. The van der Waals surface area contributed by atoms with E-state index in [1.54, 1.807) is 21.2 Å². The number of hydrogen-bond acceptors (Lipinski definition) is 8. The Morgan fingerprint density at radius 2 is 0.509 bits per heavy atom. The van der Waals surface area contributed by atoms with Crippen LogP contribution < -0.4 is 19.6 Å². The summed E-state index contributed by atoms with van der Waals surface area (Å²) in [6.45, 7) is 18.4. The maximum absolute atomic E-state index is 2.79. The molecule has 116 heavy (non-hydrogen) atoms. The van der Waals surface area contributed by atoms with Crippen molar-refractivity contribution in [1.82, 2.24) is 0 Å². The van der Waals surface area contributed by atoms with E-state index in [0.29, 0.717) is 0 Å². The fourth-order valence-corrected chi connectivity index (χ4v) is 24.6. The molecule has 0 fully saturated rings. The van der Waals surface area contributed by atoms with Gasteiger partial charge in [-0.3, -0.25) is 0 Å². The van der Waals surface area contributed by atoms with Crippen LogP contribution in [0.3, 0.4) is 0 Å². The van der Waals surface area contributed by atoms with Crippen LogP contribution in [0.4, 0.5) is 22.7 Å². The monoisotopic (exact) mass is 1580 g/mol. The molecule has 0 radical (unpaired) electrons. The third kappa shape index (κ3) is 13.5. The number of anilines is 4. The molecule has 14 aromatic carbocycles. The van der Waals surface area contributed by atoms with Crippen molar-refractivity contribution in [3.05, 3.63) is 305 Å². The quantitative estimate of drug-likeness (QED) is 0.0433. The third-order valence-corrected chi connectivity index (χ3v) is 30.6. The second-order valence-electron chi connectivity index (χ2n) is 32.8. The Hall–Kier alpha value is -9.80. The maximum atomic E-state index is 2.79. The molecule has 0 saturated carbocycles. The fourth-order valence-electron chi connectivity index (χ4n) is 19.5. The van der Waals surface area contributed by atoms with Crippen LogP contribution in [0.5, 0.6) is 0 Å². The van der Waals surface area contributed by atoms with Crippen molar-refractivity contribution in [2.24, 2.45) is 0 Å². The van der Waals surface area contributed by atoms with Gasteiger partial charge in [0.2, 0.25) is 0 Å². The van der Waals surface area contributed by atoms with E-state index in [2.05, 4.69) is 341 Å². The molecule has 0 N–H and O–H groups in total. The molecular weight excluding hydrogens is 1480 g/mol. The summed E-state index contributed by atoms with van der Waals surface area (Å²) in [6.07, 6.45) is 24.9. The predicted molar refractivity (Wildman–Crippen MR) is 515 cm³/mol. The Morgan fingerprint density at radius 1 is 0.224 bits per heavy atom. The normalized spacial score (nSPS) is 16.4.